The minimum Gasteiger partial charge on any atom is -0.494 e. The van der Waals surface area contributed by atoms with E-state index in [1.54, 1.807) is 48.5 Å². The first-order valence-corrected chi connectivity index (χ1v) is 12.0. The van der Waals surface area contributed by atoms with Crippen molar-refractivity contribution in [2.24, 2.45) is 5.92 Å². The van der Waals surface area contributed by atoms with Gasteiger partial charge in [-0.2, -0.15) is 0 Å². The summed E-state index contributed by atoms with van der Waals surface area (Å²) >= 11 is 5.25. The van der Waals surface area contributed by atoms with E-state index in [0.717, 1.165) is 12.2 Å². The number of unbranched alkanes of at least 4 members (excludes halogenated alkanes) is 4. The third-order valence-electron chi connectivity index (χ3n) is 4.88. The number of hydrogen-bond donors (Lipinski definition) is 3. The van der Waals surface area contributed by atoms with E-state index in [1.165, 1.54) is 25.7 Å². The minimum atomic E-state index is -0.295. The highest BCUT2D eigenvalue weighted by molar-refractivity contribution is 7.80. The first-order chi connectivity index (χ1) is 15.9. The molecule has 0 saturated carbocycles. The second-order valence-corrected chi connectivity index (χ2v) is 8.83. The van der Waals surface area contributed by atoms with Gasteiger partial charge in [0, 0.05) is 23.4 Å². The predicted molar refractivity (Wildman–Crippen MR) is 139 cm³/mol. The molecule has 0 heterocycles. The smallest absolute Gasteiger partial charge is 0.257 e. The number of thiocarbonyl (C=S) groups is 1. The molecule has 7 heteroatoms. The number of carbonyl (C=O) groups excluding carboxylic acids is 2. The summed E-state index contributed by atoms with van der Waals surface area (Å²) in [7, 11) is 0. The number of carbonyl (C=O) groups is 2. The Morgan fingerprint density at radius 2 is 1.48 bits per heavy atom. The molecule has 2 aromatic carbocycles. The van der Waals surface area contributed by atoms with Gasteiger partial charge in [0.15, 0.2) is 5.11 Å². The molecule has 0 radical (unpaired) electrons. The van der Waals surface area contributed by atoms with Crippen molar-refractivity contribution in [1.82, 2.24) is 5.32 Å². The third kappa shape index (κ3) is 10.5. The summed E-state index contributed by atoms with van der Waals surface area (Å²) in [5, 5.41) is 8.71. The molecule has 0 aliphatic rings. The van der Waals surface area contributed by atoms with Crippen molar-refractivity contribution in [3.63, 3.8) is 0 Å². The topological polar surface area (TPSA) is 79.5 Å². The fourth-order valence-electron chi connectivity index (χ4n) is 3.16. The molecule has 2 amide bonds. The summed E-state index contributed by atoms with van der Waals surface area (Å²) < 4.78 is 5.74. The van der Waals surface area contributed by atoms with E-state index in [4.69, 9.17) is 17.0 Å². The number of ether oxygens (including phenoxy) is 1. The van der Waals surface area contributed by atoms with Crippen molar-refractivity contribution in [3.8, 4) is 5.75 Å². The van der Waals surface area contributed by atoms with Crippen LogP contribution < -0.4 is 20.7 Å². The van der Waals surface area contributed by atoms with Gasteiger partial charge in [0.1, 0.15) is 5.75 Å². The van der Waals surface area contributed by atoms with Gasteiger partial charge in [0.2, 0.25) is 5.91 Å². The van der Waals surface area contributed by atoms with Gasteiger partial charge in [-0.1, -0.05) is 46.5 Å². The van der Waals surface area contributed by atoms with Crippen LogP contribution in [-0.4, -0.2) is 23.5 Å². The monoisotopic (exact) mass is 469 g/mol. The van der Waals surface area contributed by atoms with Gasteiger partial charge >= 0.3 is 0 Å². The molecule has 33 heavy (non-hydrogen) atoms. The Labute approximate surface area is 202 Å². The molecular formula is C26H35N3O3S. The lowest BCUT2D eigenvalue weighted by Crippen LogP contribution is -2.34. The quantitative estimate of drug-likeness (QED) is 0.257. The maximum Gasteiger partial charge on any atom is 0.257 e. The standard InChI is InChI=1S/C26H35N3O3S/c1-4-5-6-7-8-17-32-23-15-9-20(10-16-23)25(31)29-26(33)28-22-13-11-21(12-14-22)27-24(30)18-19(2)3/h9-16,19H,4-8,17-18H2,1-3H3,(H,27,30)(H2,28,29,31,33). The summed E-state index contributed by atoms with van der Waals surface area (Å²) in [6, 6.07) is 14.2. The Bertz CT molecular complexity index is 896. The molecule has 0 aliphatic carbocycles. The summed E-state index contributed by atoms with van der Waals surface area (Å²) in [4.78, 5) is 24.3. The second-order valence-electron chi connectivity index (χ2n) is 8.42. The highest BCUT2D eigenvalue weighted by Gasteiger charge is 2.09. The van der Waals surface area contributed by atoms with Crippen LogP contribution in [0.15, 0.2) is 48.5 Å². The highest BCUT2D eigenvalue weighted by Crippen LogP contribution is 2.16. The van der Waals surface area contributed by atoms with Gasteiger partial charge in [-0.15, -0.1) is 0 Å². The summed E-state index contributed by atoms with van der Waals surface area (Å²) in [6.07, 6.45) is 6.42. The van der Waals surface area contributed by atoms with Crippen LogP contribution in [0.25, 0.3) is 0 Å². The Morgan fingerprint density at radius 1 is 0.879 bits per heavy atom. The molecule has 178 valence electrons. The Morgan fingerprint density at radius 3 is 2.09 bits per heavy atom. The lowest BCUT2D eigenvalue weighted by Gasteiger charge is -2.11. The first-order valence-electron chi connectivity index (χ1n) is 11.6. The van der Waals surface area contributed by atoms with E-state index in [9.17, 15) is 9.59 Å². The van der Waals surface area contributed by atoms with Gasteiger partial charge in [-0.3, -0.25) is 14.9 Å². The van der Waals surface area contributed by atoms with Crippen LogP contribution in [0.4, 0.5) is 11.4 Å². The molecule has 0 saturated heterocycles. The molecular weight excluding hydrogens is 434 g/mol. The fourth-order valence-corrected chi connectivity index (χ4v) is 3.37. The van der Waals surface area contributed by atoms with Crippen LogP contribution in [0.2, 0.25) is 0 Å². The average Bonchev–Trinajstić information content (AvgIpc) is 2.77. The summed E-state index contributed by atoms with van der Waals surface area (Å²) in [5.41, 5.74) is 1.92. The van der Waals surface area contributed by atoms with Gasteiger partial charge in [0.25, 0.3) is 5.91 Å². The van der Waals surface area contributed by atoms with Crippen molar-refractivity contribution in [1.29, 1.82) is 0 Å². The molecule has 6 nitrogen and oxygen atoms in total. The number of nitrogens with one attached hydrogen (secondary N) is 3. The fraction of sp³-hybridized carbons (Fsp3) is 0.423. The van der Waals surface area contributed by atoms with Gasteiger partial charge < -0.3 is 15.4 Å². The number of anilines is 2. The van der Waals surface area contributed by atoms with Gasteiger partial charge in [0.05, 0.1) is 6.61 Å². The molecule has 0 aromatic heterocycles. The maximum atomic E-state index is 12.5. The molecule has 0 fully saturated rings. The van der Waals surface area contributed by atoms with Crippen LogP contribution in [0, 0.1) is 5.92 Å². The van der Waals surface area contributed by atoms with Crippen molar-refractivity contribution in [3.05, 3.63) is 54.1 Å². The van der Waals surface area contributed by atoms with Crippen LogP contribution >= 0.6 is 12.2 Å². The zero-order valence-corrected chi connectivity index (χ0v) is 20.6. The molecule has 3 N–H and O–H groups in total. The van der Waals surface area contributed by atoms with Crippen LogP contribution in [0.1, 0.15) is 69.7 Å². The Kier molecular flexibility index (Phi) is 11.4. The van der Waals surface area contributed by atoms with Crippen molar-refractivity contribution < 1.29 is 14.3 Å². The molecule has 0 aliphatic heterocycles. The second kappa shape index (κ2) is 14.3. The zero-order valence-electron chi connectivity index (χ0n) is 19.8. The average molecular weight is 470 g/mol. The van der Waals surface area contributed by atoms with E-state index >= 15 is 0 Å². The molecule has 0 spiro atoms. The molecule has 0 unspecified atom stereocenters. The van der Waals surface area contributed by atoms with E-state index in [2.05, 4.69) is 22.9 Å². The van der Waals surface area contributed by atoms with Gasteiger partial charge in [-0.25, -0.2) is 0 Å². The first kappa shape index (κ1) is 26.3. The molecule has 2 rings (SSSR count). The number of benzene rings is 2. The summed E-state index contributed by atoms with van der Waals surface area (Å²) in [5.74, 6) is 0.743. The Hall–Kier alpha value is -2.93. The van der Waals surface area contributed by atoms with E-state index in [0.29, 0.717) is 35.9 Å². The van der Waals surface area contributed by atoms with Crippen LogP contribution in [0.5, 0.6) is 5.75 Å². The van der Waals surface area contributed by atoms with E-state index < -0.39 is 0 Å². The zero-order chi connectivity index (χ0) is 24.1. The Balaban J connectivity index is 1.76. The lowest BCUT2D eigenvalue weighted by atomic mass is 10.1. The number of amides is 2. The maximum absolute atomic E-state index is 12.5. The van der Waals surface area contributed by atoms with Crippen molar-refractivity contribution in [2.75, 3.05) is 17.2 Å². The molecule has 0 bridgehead atoms. The van der Waals surface area contributed by atoms with Crippen LogP contribution in [0.3, 0.4) is 0 Å². The number of hydrogen-bond acceptors (Lipinski definition) is 4. The molecule has 0 atom stereocenters. The van der Waals surface area contributed by atoms with Gasteiger partial charge in [-0.05, 0) is 73.1 Å². The normalized spacial score (nSPS) is 10.5. The van der Waals surface area contributed by atoms with Crippen LogP contribution in [-0.2, 0) is 4.79 Å². The highest BCUT2D eigenvalue weighted by atomic mass is 32.1. The SMILES string of the molecule is CCCCCCCOc1ccc(C(=O)NC(=S)Nc2ccc(NC(=O)CC(C)C)cc2)cc1. The predicted octanol–water partition coefficient (Wildman–Crippen LogP) is 6.15. The van der Waals surface area contributed by atoms with Crippen molar-refractivity contribution in [2.45, 2.75) is 59.3 Å². The van der Waals surface area contributed by atoms with E-state index in [1.807, 2.05) is 13.8 Å². The number of rotatable bonds is 12. The summed E-state index contributed by atoms with van der Waals surface area (Å²) in [6.45, 7) is 6.88. The third-order valence-corrected chi connectivity index (χ3v) is 5.08. The minimum absolute atomic E-state index is 0.0168. The van der Waals surface area contributed by atoms with Crippen molar-refractivity contribution >= 4 is 40.5 Å². The largest absolute Gasteiger partial charge is 0.494 e. The molecule has 2 aromatic rings. The lowest BCUT2D eigenvalue weighted by molar-refractivity contribution is -0.116. The van der Waals surface area contributed by atoms with E-state index in [-0.39, 0.29) is 16.9 Å².